The number of hydrogen-bond acceptors (Lipinski definition) is 3. The van der Waals surface area contributed by atoms with Crippen molar-refractivity contribution >= 4 is 5.91 Å². The number of hydrogen-bond donors (Lipinski definition) is 1. The monoisotopic (exact) mass is 327 g/mol. The maximum absolute atomic E-state index is 12.0. The number of aryl methyl sites for hydroxylation is 2. The standard InChI is InChI=1S/C20H25NO3/c1-15-6-4-5-7-17(15)10-11-21-20(22)9-8-16-12-18(23-2)14-19(13-16)24-3/h4-7,12-14H,8-11H2,1-3H3,(H,21,22). The fourth-order valence-electron chi connectivity index (χ4n) is 2.58. The number of nitrogens with one attached hydrogen (secondary N) is 1. The zero-order valence-electron chi connectivity index (χ0n) is 14.6. The number of rotatable bonds is 8. The van der Waals surface area contributed by atoms with Crippen LogP contribution in [0.5, 0.6) is 11.5 Å². The molecule has 1 amide bonds. The molecule has 2 aromatic rings. The van der Waals surface area contributed by atoms with Crippen LogP contribution in [0, 0.1) is 6.92 Å². The first-order valence-corrected chi connectivity index (χ1v) is 8.15. The van der Waals surface area contributed by atoms with Gasteiger partial charge in [-0.1, -0.05) is 24.3 Å². The molecule has 0 atom stereocenters. The first-order chi connectivity index (χ1) is 11.6. The summed E-state index contributed by atoms with van der Waals surface area (Å²) in [6.07, 6.45) is 1.96. The van der Waals surface area contributed by atoms with Crippen molar-refractivity contribution in [3.8, 4) is 11.5 Å². The van der Waals surface area contributed by atoms with Crippen molar-refractivity contribution in [2.45, 2.75) is 26.2 Å². The molecule has 0 spiro atoms. The van der Waals surface area contributed by atoms with E-state index in [1.807, 2.05) is 30.3 Å². The van der Waals surface area contributed by atoms with Crippen molar-refractivity contribution in [1.29, 1.82) is 0 Å². The van der Waals surface area contributed by atoms with Crippen molar-refractivity contribution in [3.05, 3.63) is 59.2 Å². The number of carbonyl (C=O) groups excluding carboxylic acids is 1. The summed E-state index contributed by atoms with van der Waals surface area (Å²) in [6, 6.07) is 13.9. The summed E-state index contributed by atoms with van der Waals surface area (Å²) >= 11 is 0. The van der Waals surface area contributed by atoms with Gasteiger partial charge in [0.25, 0.3) is 0 Å². The molecule has 0 aliphatic rings. The second-order valence-corrected chi connectivity index (χ2v) is 5.75. The van der Waals surface area contributed by atoms with E-state index < -0.39 is 0 Å². The average molecular weight is 327 g/mol. The molecular formula is C20H25NO3. The number of methoxy groups -OCH3 is 2. The third-order valence-corrected chi connectivity index (χ3v) is 4.03. The summed E-state index contributed by atoms with van der Waals surface area (Å²) in [5.41, 5.74) is 3.56. The Kier molecular flexibility index (Phi) is 6.67. The molecule has 128 valence electrons. The Hall–Kier alpha value is -2.49. The molecule has 2 rings (SSSR count). The highest BCUT2D eigenvalue weighted by Gasteiger charge is 2.06. The average Bonchev–Trinajstić information content (AvgIpc) is 2.61. The molecule has 0 aliphatic heterocycles. The maximum atomic E-state index is 12.0. The first kappa shape index (κ1) is 17.9. The number of benzene rings is 2. The Bertz CT molecular complexity index is 660. The van der Waals surface area contributed by atoms with Crippen LogP contribution in [0.1, 0.15) is 23.1 Å². The van der Waals surface area contributed by atoms with Crippen molar-refractivity contribution in [2.75, 3.05) is 20.8 Å². The van der Waals surface area contributed by atoms with Crippen molar-refractivity contribution in [2.24, 2.45) is 0 Å². The summed E-state index contributed by atoms with van der Waals surface area (Å²) in [5.74, 6) is 1.54. The fourth-order valence-corrected chi connectivity index (χ4v) is 2.58. The molecule has 0 aliphatic carbocycles. The Morgan fingerprint density at radius 1 is 1.00 bits per heavy atom. The van der Waals surface area contributed by atoms with Crippen LogP contribution in [-0.4, -0.2) is 26.7 Å². The van der Waals surface area contributed by atoms with Gasteiger partial charge in [-0.25, -0.2) is 0 Å². The second-order valence-electron chi connectivity index (χ2n) is 5.75. The largest absolute Gasteiger partial charge is 0.497 e. The minimum atomic E-state index is 0.0605. The molecule has 24 heavy (non-hydrogen) atoms. The molecule has 4 heteroatoms. The number of carbonyl (C=O) groups is 1. The van der Waals surface area contributed by atoms with Crippen LogP contribution in [0.3, 0.4) is 0 Å². The molecule has 0 unspecified atom stereocenters. The van der Waals surface area contributed by atoms with E-state index in [4.69, 9.17) is 9.47 Å². The van der Waals surface area contributed by atoms with Crippen LogP contribution < -0.4 is 14.8 Å². The molecule has 2 aromatic carbocycles. The molecule has 0 radical (unpaired) electrons. The van der Waals surface area contributed by atoms with Crippen LogP contribution in [-0.2, 0) is 17.6 Å². The van der Waals surface area contributed by atoms with Gasteiger partial charge in [-0.2, -0.15) is 0 Å². The smallest absolute Gasteiger partial charge is 0.220 e. The number of amides is 1. The van der Waals surface area contributed by atoms with Gasteiger partial charge in [0.1, 0.15) is 11.5 Å². The first-order valence-electron chi connectivity index (χ1n) is 8.15. The summed E-state index contributed by atoms with van der Waals surface area (Å²) in [4.78, 5) is 12.0. The van der Waals surface area contributed by atoms with E-state index in [0.29, 0.717) is 19.4 Å². The Morgan fingerprint density at radius 3 is 2.29 bits per heavy atom. The molecular weight excluding hydrogens is 302 g/mol. The SMILES string of the molecule is COc1cc(CCC(=O)NCCc2ccccc2C)cc(OC)c1. The summed E-state index contributed by atoms with van der Waals surface area (Å²) in [7, 11) is 3.24. The predicted octanol–water partition coefficient (Wildman–Crippen LogP) is 3.30. The molecule has 1 N–H and O–H groups in total. The minimum Gasteiger partial charge on any atom is -0.497 e. The van der Waals surface area contributed by atoms with Crippen LogP contribution in [0.25, 0.3) is 0 Å². The molecule has 4 nitrogen and oxygen atoms in total. The third-order valence-electron chi connectivity index (χ3n) is 4.03. The van der Waals surface area contributed by atoms with Gasteiger partial charge in [0.05, 0.1) is 14.2 Å². The lowest BCUT2D eigenvalue weighted by atomic mass is 10.1. The molecule has 0 heterocycles. The lowest BCUT2D eigenvalue weighted by molar-refractivity contribution is -0.121. The van der Waals surface area contributed by atoms with Crippen molar-refractivity contribution in [1.82, 2.24) is 5.32 Å². The summed E-state index contributed by atoms with van der Waals surface area (Å²) in [6.45, 7) is 2.75. The maximum Gasteiger partial charge on any atom is 0.220 e. The van der Waals surface area contributed by atoms with E-state index in [1.165, 1.54) is 11.1 Å². The highest BCUT2D eigenvalue weighted by molar-refractivity contribution is 5.76. The predicted molar refractivity (Wildman–Crippen MR) is 95.8 cm³/mol. The van der Waals surface area contributed by atoms with Gasteiger partial charge in [-0.05, 0) is 48.6 Å². The Balaban J connectivity index is 1.80. The molecule has 0 bridgehead atoms. The zero-order valence-corrected chi connectivity index (χ0v) is 14.6. The number of ether oxygens (including phenoxy) is 2. The third kappa shape index (κ3) is 5.30. The van der Waals surface area contributed by atoms with Gasteiger partial charge >= 0.3 is 0 Å². The van der Waals surface area contributed by atoms with E-state index in [0.717, 1.165) is 23.5 Å². The topological polar surface area (TPSA) is 47.6 Å². The second kappa shape index (κ2) is 8.96. The van der Waals surface area contributed by atoms with Gasteiger partial charge < -0.3 is 14.8 Å². The lowest BCUT2D eigenvalue weighted by Gasteiger charge is -2.09. The molecule has 0 saturated carbocycles. The Labute approximate surface area is 143 Å². The molecule has 0 saturated heterocycles. The van der Waals surface area contributed by atoms with E-state index in [1.54, 1.807) is 14.2 Å². The molecule has 0 aromatic heterocycles. The Morgan fingerprint density at radius 2 is 1.67 bits per heavy atom. The van der Waals surface area contributed by atoms with E-state index >= 15 is 0 Å². The van der Waals surface area contributed by atoms with Crippen molar-refractivity contribution in [3.63, 3.8) is 0 Å². The minimum absolute atomic E-state index is 0.0605. The zero-order chi connectivity index (χ0) is 17.4. The van der Waals surface area contributed by atoms with Gasteiger partial charge in [-0.15, -0.1) is 0 Å². The highest BCUT2D eigenvalue weighted by Crippen LogP contribution is 2.23. The van der Waals surface area contributed by atoms with Gasteiger partial charge in [0.15, 0.2) is 0 Å². The van der Waals surface area contributed by atoms with Crippen molar-refractivity contribution < 1.29 is 14.3 Å². The highest BCUT2D eigenvalue weighted by atomic mass is 16.5. The quantitative estimate of drug-likeness (QED) is 0.809. The fraction of sp³-hybridized carbons (Fsp3) is 0.350. The van der Waals surface area contributed by atoms with Crippen LogP contribution in [0.4, 0.5) is 0 Å². The van der Waals surface area contributed by atoms with Crippen LogP contribution in [0.2, 0.25) is 0 Å². The van der Waals surface area contributed by atoms with Gasteiger partial charge in [0.2, 0.25) is 5.91 Å². The summed E-state index contributed by atoms with van der Waals surface area (Å²) < 4.78 is 10.5. The lowest BCUT2D eigenvalue weighted by Crippen LogP contribution is -2.26. The van der Waals surface area contributed by atoms with E-state index in [9.17, 15) is 4.79 Å². The van der Waals surface area contributed by atoms with Crippen LogP contribution >= 0.6 is 0 Å². The van der Waals surface area contributed by atoms with Gasteiger partial charge in [0, 0.05) is 19.0 Å². The van der Waals surface area contributed by atoms with Gasteiger partial charge in [-0.3, -0.25) is 4.79 Å². The normalized spacial score (nSPS) is 10.3. The van der Waals surface area contributed by atoms with E-state index in [-0.39, 0.29) is 5.91 Å². The summed E-state index contributed by atoms with van der Waals surface area (Å²) in [5, 5.41) is 2.98. The van der Waals surface area contributed by atoms with E-state index in [2.05, 4.69) is 24.4 Å². The molecule has 0 fully saturated rings. The van der Waals surface area contributed by atoms with Crippen LogP contribution in [0.15, 0.2) is 42.5 Å².